The third-order valence-electron chi connectivity index (χ3n) is 6.44. The largest absolute Gasteiger partial charge is 0.478 e. The summed E-state index contributed by atoms with van der Waals surface area (Å²) in [4.78, 5) is 25.3. The third-order valence-corrected chi connectivity index (χ3v) is 6.44. The van der Waals surface area contributed by atoms with Gasteiger partial charge in [0.05, 0.1) is 11.5 Å². The number of aromatic carboxylic acids is 1. The molecule has 164 valence electrons. The number of fused-ring (bicyclic) bond motifs is 1. The van der Waals surface area contributed by atoms with Gasteiger partial charge in [0.2, 0.25) is 5.91 Å². The van der Waals surface area contributed by atoms with Gasteiger partial charge in [-0.2, -0.15) is 0 Å². The minimum Gasteiger partial charge on any atom is -0.478 e. The van der Waals surface area contributed by atoms with E-state index in [-0.39, 0.29) is 17.4 Å². The molecule has 2 N–H and O–H groups in total. The smallest absolute Gasteiger partial charge is 0.335 e. The molecule has 1 aliphatic carbocycles. The zero-order valence-electron chi connectivity index (χ0n) is 18.2. The van der Waals surface area contributed by atoms with E-state index in [1.165, 1.54) is 0 Å². The van der Waals surface area contributed by atoms with Gasteiger partial charge in [0.25, 0.3) is 0 Å². The molecule has 0 heterocycles. The normalized spacial score (nSPS) is 14.1. The van der Waals surface area contributed by atoms with Crippen molar-refractivity contribution in [1.29, 1.82) is 0 Å². The van der Waals surface area contributed by atoms with Crippen LogP contribution >= 0.6 is 0 Å². The molecule has 4 aromatic carbocycles. The van der Waals surface area contributed by atoms with E-state index in [1.54, 1.807) is 12.1 Å². The fourth-order valence-corrected chi connectivity index (χ4v) is 4.66. The lowest BCUT2D eigenvalue weighted by molar-refractivity contribution is -0.118. The molecule has 0 spiro atoms. The van der Waals surface area contributed by atoms with E-state index >= 15 is 0 Å². The Hall–Kier alpha value is -3.92. The second kappa shape index (κ2) is 8.91. The number of hydrogen-bond donors (Lipinski definition) is 2. The van der Waals surface area contributed by atoms with Crippen LogP contribution in [-0.2, 0) is 11.2 Å². The molecular weight excluding hydrogens is 410 g/mol. The van der Waals surface area contributed by atoms with Crippen LogP contribution in [0.2, 0.25) is 0 Å². The van der Waals surface area contributed by atoms with Crippen LogP contribution in [0.5, 0.6) is 0 Å². The Morgan fingerprint density at radius 1 is 0.818 bits per heavy atom. The Balaban J connectivity index is 1.46. The van der Waals surface area contributed by atoms with Crippen molar-refractivity contribution in [3.8, 4) is 0 Å². The van der Waals surface area contributed by atoms with Gasteiger partial charge in [-0.25, -0.2) is 4.79 Å². The standard InChI is InChI=1S/C29H25NO3/c31-28(27(20-16-17-20)25-14-7-11-19-8-1-4-12-23(19)25)30-26-15-6-3-10-22(26)18-21-9-2-5-13-24(21)29(32)33/h1-15,20,27H,16-18H2,(H,30,31)(H,32,33). The molecule has 1 atom stereocenters. The van der Waals surface area contributed by atoms with Gasteiger partial charge < -0.3 is 10.4 Å². The summed E-state index contributed by atoms with van der Waals surface area (Å²) in [6.07, 6.45) is 2.53. The van der Waals surface area contributed by atoms with Crippen molar-refractivity contribution in [1.82, 2.24) is 0 Å². The monoisotopic (exact) mass is 435 g/mol. The van der Waals surface area contributed by atoms with Gasteiger partial charge in [0, 0.05) is 12.1 Å². The van der Waals surface area contributed by atoms with Crippen LogP contribution in [0.25, 0.3) is 10.8 Å². The van der Waals surface area contributed by atoms with E-state index in [9.17, 15) is 14.7 Å². The maximum absolute atomic E-state index is 13.6. The summed E-state index contributed by atoms with van der Waals surface area (Å²) in [5.41, 5.74) is 3.70. The third kappa shape index (κ3) is 4.37. The van der Waals surface area contributed by atoms with Gasteiger partial charge in [0.1, 0.15) is 0 Å². The van der Waals surface area contributed by atoms with Crippen LogP contribution in [0.3, 0.4) is 0 Å². The fraction of sp³-hybridized carbons (Fsp3) is 0.172. The van der Waals surface area contributed by atoms with Crippen molar-refractivity contribution in [3.63, 3.8) is 0 Å². The number of carbonyl (C=O) groups excluding carboxylic acids is 1. The van der Waals surface area contributed by atoms with Gasteiger partial charge in [-0.3, -0.25) is 4.79 Å². The zero-order chi connectivity index (χ0) is 22.8. The lowest BCUT2D eigenvalue weighted by Gasteiger charge is -2.20. The first-order chi connectivity index (χ1) is 16.1. The number of amides is 1. The predicted octanol–water partition coefficient (Wildman–Crippen LogP) is 6.26. The van der Waals surface area contributed by atoms with Crippen LogP contribution in [0.15, 0.2) is 91.0 Å². The summed E-state index contributed by atoms with van der Waals surface area (Å²) in [7, 11) is 0. The highest BCUT2D eigenvalue weighted by Gasteiger charge is 2.38. The Bertz CT molecular complexity index is 1330. The maximum Gasteiger partial charge on any atom is 0.335 e. The van der Waals surface area contributed by atoms with E-state index in [0.717, 1.165) is 46.0 Å². The molecule has 1 fully saturated rings. The van der Waals surface area contributed by atoms with E-state index in [2.05, 4.69) is 29.6 Å². The Kier molecular flexibility index (Phi) is 5.66. The van der Waals surface area contributed by atoms with Crippen LogP contribution < -0.4 is 5.32 Å². The van der Waals surface area contributed by atoms with E-state index in [0.29, 0.717) is 12.3 Å². The zero-order valence-corrected chi connectivity index (χ0v) is 18.2. The minimum absolute atomic E-state index is 0.00665. The molecule has 4 heteroatoms. The van der Waals surface area contributed by atoms with E-state index in [1.807, 2.05) is 54.6 Å². The molecular formula is C29H25NO3. The average Bonchev–Trinajstić information content (AvgIpc) is 3.66. The predicted molar refractivity (Wildman–Crippen MR) is 131 cm³/mol. The molecule has 0 aromatic heterocycles. The molecule has 4 nitrogen and oxygen atoms in total. The van der Waals surface area contributed by atoms with Crippen molar-refractivity contribution in [2.45, 2.75) is 25.2 Å². The lowest BCUT2D eigenvalue weighted by atomic mass is 9.89. The van der Waals surface area contributed by atoms with Crippen LogP contribution in [-0.4, -0.2) is 17.0 Å². The SMILES string of the molecule is O=C(O)c1ccccc1Cc1ccccc1NC(=O)C(c1cccc2ccccc12)C1CC1. The van der Waals surface area contributed by atoms with Gasteiger partial charge >= 0.3 is 5.97 Å². The molecule has 5 rings (SSSR count). The van der Waals surface area contributed by atoms with Crippen LogP contribution in [0.4, 0.5) is 5.69 Å². The van der Waals surface area contributed by atoms with Crippen molar-refractivity contribution in [3.05, 3.63) is 113 Å². The highest BCUT2D eigenvalue weighted by Crippen LogP contribution is 2.45. The summed E-state index contributed by atoms with van der Waals surface area (Å²) >= 11 is 0. The van der Waals surface area contributed by atoms with Crippen molar-refractivity contribution >= 4 is 28.3 Å². The highest BCUT2D eigenvalue weighted by atomic mass is 16.4. The van der Waals surface area contributed by atoms with Gasteiger partial charge in [-0.05, 0) is 58.4 Å². The second-order valence-electron chi connectivity index (χ2n) is 8.67. The molecule has 0 saturated heterocycles. The number of para-hydroxylation sites is 1. The van der Waals surface area contributed by atoms with E-state index in [4.69, 9.17) is 0 Å². The lowest BCUT2D eigenvalue weighted by Crippen LogP contribution is -2.23. The van der Waals surface area contributed by atoms with Crippen molar-refractivity contribution in [2.75, 3.05) is 5.32 Å². The molecule has 1 amide bonds. The quantitative estimate of drug-likeness (QED) is 0.360. The van der Waals surface area contributed by atoms with Crippen molar-refractivity contribution in [2.24, 2.45) is 5.92 Å². The number of hydrogen-bond acceptors (Lipinski definition) is 2. The first kappa shape index (κ1) is 21.0. The summed E-state index contributed by atoms with van der Waals surface area (Å²) < 4.78 is 0. The number of carbonyl (C=O) groups is 2. The Labute approximate surface area is 192 Å². The van der Waals surface area contributed by atoms with Gasteiger partial charge in [-0.15, -0.1) is 0 Å². The fourth-order valence-electron chi connectivity index (χ4n) is 4.66. The summed E-state index contributed by atoms with van der Waals surface area (Å²) in [6, 6.07) is 29.0. The van der Waals surface area contributed by atoms with Gasteiger partial charge in [0.15, 0.2) is 0 Å². The number of carboxylic acid groups (broad SMARTS) is 1. The van der Waals surface area contributed by atoms with Crippen LogP contribution in [0, 0.1) is 5.92 Å². The number of anilines is 1. The first-order valence-corrected chi connectivity index (χ1v) is 11.3. The molecule has 0 radical (unpaired) electrons. The number of nitrogens with one attached hydrogen (secondary N) is 1. The molecule has 0 bridgehead atoms. The maximum atomic E-state index is 13.6. The average molecular weight is 436 g/mol. The molecule has 4 aromatic rings. The molecule has 1 unspecified atom stereocenters. The summed E-state index contributed by atoms with van der Waals surface area (Å²) in [5.74, 6) is -0.823. The summed E-state index contributed by atoms with van der Waals surface area (Å²) in [6.45, 7) is 0. The van der Waals surface area contributed by atoms with E-state index < -0.39 is 5.97 Å². The molecule has 33 heavy (non-hydrogen) atoms. The van der Waals surface area contributed by atoms with Gasteiger partial charge in [-0.1, -0.05) is 78.9 Å². The second-order valence-corrected chi connectivity index (χ2v) is 8.67. The summed E-state index contributed by atoms with van der Waals surface area (Å²) in [5, 5.41) is 15.0. The highest BCUT2D eigenvalue weighted by molar-refractivity contribution is 6.00. The number of rotatable bonds is 7. The first-order valence-electron chi connectivity index (χ1n) is 11.3. The molecule has 0 aliphatic heterocycles. The Morgan fingerprint density at radius 3 is 2.27 bits per heavy atom. The minimum atomic E-state index is -0.947. The molecule has 1 aliphatic rings. The number of carboxylic acids is 1. The topological polar surface area (TPSA) is 66.4 Å². The van der Waals surface area contributed by atoms with Crippen LogP contribution in [0.1, 0.15) is 45.8 Å². The molecule has 1 saturated carbocycles. The van der Waals surface area contributed by atoms with Crippen molar-refractivity contribution < 1.29 is 14.7 Å². The Morgan fingerprint density at radius 2 is 1.48 bits per heavy atom. The number of benzene rings is 4.